The minimum absolute atomic E-state index is 0.0897. The molecule has 2 rings (SSSR count). The first kappa shape index (κ1) is 18.6. The third-order valence-corrected chi connectivity index (χ3v) is 3.77. The Bertz CT molecular complexity index is 659. The molecule has 0 unspecified atom stereocenters. The Labute approximate surface area is 149 Å². The minimum Gasteiger partial charge on any atom is -0.497 e. The molecule has 0 aliphatic heterocycles. The van der Waals surface area contributed by atoms with Crippen molar-refractivity contribution in [1.82, 2.24) is 10.2 Å². The first-order valence-corrected chi connectivity index (χ1v) is 8.45. The van der Waals surface area contributed by atoms with Crippen LogP contribution in [-0.2, 0) is 6.54 Å². The molecule has 0 atom stereocenters. The highest BCUT2D eigenvalue weighted by Gasteiger charge is 2.16. The summed E-state index contributed by atoms with van der Waals surface area (Å²) in [6.07, 6.45) is 0. The SMILES string of the molecule is COc1cccc(OCCNC(=O)N(Cc2ccccc2)C(C)C)c1. The van der Waals surface area contributed by atoms with Gasteiger partial charge in [0.25, 0.3) is 0 Å². The number of carbonyl (C=O) groups excluding carboxylic acids is 1. The van der Waals surface area contributed by atoms with Crippen molar-refractivity contribution in [2.45, 2.75) is 26.4 Å². The van der Waals surface area contributed by atoms with E-state index in [1.165, 1.54) is 0 Å². The largest absolute Gasteiger partial charge is 0.497 e. The second kappa shape index (κ2) is 9.57. The van der Waals surface area contributed by atoms with E-state index >= 15 is 0 Å². The third kappa shape index (κ3) is 6.03. The van der Waals surface area contributed by atoms with Gasteiger partial charge in [-0.15, -0.1) is 0 Å². The number of rotatable bonds is 8. The van der Waals surface area contributed by atoms with Crippen molar-refractivity contribution in [1.29, 1.82) is 0 Å². The van der Waals surface area contributed by atoms with Crippen molar-refractivity contribution in [3.8, 4) is 11.5 Å². The van der Waals surface area contributed by atoms with Crippen LogP contribution in [0.5, 0.6) is 11.5 Å². The summed E-state index contributed by atoms with van der Waals surface area (Å²) in [4.78, 5) is 14.2. The van der Waals surface area contributed by atoms with E-state index in [2.05, 4.69) is 5.32 Å². The molecular weight excluding hydrogens is 316 g/mol. The average Bonchev–Trinajstić information content (AvgIpc) is 2.64. The van der Waals surface area contributed by atoms with Gasteiger partial charge in [-0.05, 0) is 31.5 Å². The number of hydrogen-bond donors (Lipinski definition) is 1. The van der Waals surface area contributed by atoms with Gasteiger partial charge in [0.05, 0.1) is 13.7 Å². The minimum atomic E-state index is -0.0897. The Balaban J connectivity index is 1.80. The zero-order chi connectivity index (χ0) is 18.1. The molecule has 0 spiro atoms. The van der Waals surface area contributed by atoms with Gasteiger partial charge >= 0.3 is 6.03 Å². The van der Waals surface area contributed by atoms with Crippen LogP contribution in [-0.4, -0.2) is 37.2 Å². The topological polar surface area (TPSA) is 50.8 Å². The number of amides is 2. The summed E-state index contributed by atoms with van der Waals surface area (Å²) < 4.78 is 10.8. The molecule has 0 saturated heterocycles. The number of benzene rings is 2. The highest BCUT2D eigenvalue weighted by atomic mass is 16.5. The molecule has 0 aromatic heterocycles. The fourth-order valence-corrected chi connectivity index (χ4v) is 2.39. The zero-order valence-electron chi connectivity index (χ0n) is 15.1. The lowest BCUT2D eigenvalue weighted by atomic mass is 10.2. The fourth-order valence-electron chi connectivity index (χ4n) is 2.39. The van der Waals surface area contributed by atoms with Gasteiger partial charge in [-0.3, -0.25) is 0 Å². The van der Waals surface area contributed by atoms with Crippen LogP contribution in [0.15, 0.2) is 54.6 Å². The summed E-state index contributed by atoms with van der Waals surface area (Å²) in [5.74, 6) is 1.47. The highest BCUT2D eigenvalue weighted by Crippen LogP contribution is 2.18. The van der Waals surface area contributed by atoms with Gasteiger partial charge in [0.1, 0.15) is 18.1 Å². The molecule has 0 aliphatic carbocycles. The van der Waals surface area contributed by atoms with Crippen molar-refractivity contribution in [3.63, 3.8) is 0 Å². The summed E-state index contributed by atoms with van der Waals surface area (Å²) in [6, 6.07) is 17.4. The Morgan fingerprint density at radius 2 is 1.80 bits per heavy atom. The van der Waals surface area contributed by atoms with Crippen molar-refractivity contribution in [2.24, 2.45) is 0 Å². The van der Waals surface area contributed by atoms with Gasteiger partial charge in [-0.25, -0.2) is 4.79 Å². The number of carbonyl (C=O) groups is 1. The van der Waals surface area contributed by atoms with Crippen LogP contribution in [0.25, 0.3) is 0 Å². The molecule has 2 aromatic rings. The van der Waals surface area contributed by atoms with Gasteiger partial charge < -0.3 is 19.7 Å². The van der Waals surface area contributed by atoms with E-state index in [1.807, 2.05) is 68.4 Å². The van der Waals surface area contributed by atoms with E-state index in [4.69, 9.17) is 9.47 Å². The van der Waals surface area contributed by atoms with Crippen LogP contribution in [0, 0.1) is 0 Å². The molecule has 1 N–H and O–H groups in total. The van der Waals surface area contributed by atoms with Crippen molar-refractivity contribution >= 4 is 6.03 Å². The number of nitrogens with zero attached hydrogens (tertiary/aromatic N) is 1. The molecule has 0 heterocycles. The number of methoxy groups -OCH3 is 1. The Kier molecular flexibility index (Phi) is 7.14. The molecule has 0 saturated carbocycles. The van der Waals surface area contributed by atoms with Gasteiger partial charge in [-0.2, -0.15) is 0 Å². The van der Waals surface area contributed by atoms with Crippen LogP contribution in [0.1, 0.15) is 19.4 Å². The van der Waals surface area contributed by atoms with Crippen molar-refractivity contribution in [2.75, 3.05) is 20.3 Å². The Morgan fingerprint density at radius 3 is 2.48 bits per heavy atom. The predicted molar refractivity (Wildman–Crippen MR) is 99.0 cm³/mol. The summed E-state index contributed by atoms with van der Waals surface area (Å²) in [5.41, 5.74) is 1.11. The maximum atomic E-state index is 12.4. The number of urea groups is 1. The molecule has 2 amide bonds. The van der Waals surface area contributed by atoms with E-state index < -0.39 is 0 Å². The lowest BCUT2D eigenvalue weighted by Gasteiger charge is -2.27. The Morgan fingerprint density at radius 1 is 1.08 bits per heavy atom. The first-order chi connectivity index (χ1) is 12.1. The van der Waals surface area contributed by atoms with Crippen LogP contribution in [0.2, 0.25) is 0 Å². The second-order valence-corrected chi connectivity index (χ2v) is 5.97. The quantitative estimate of drug-likeness (QED) is 0.744. The molecule has 0 fully saturated rings. The van der Waals surface area contributed by atoms with Crippen LogP contribution in [0.4, 0.5) is 4.79 Å². The van der Waals surface area contributed by atoms with Gasteiger partial charge in [-0.1, -0.05) is 36.4 Å². The zero-order valence-corrected chi connectivity index (χ0v) is 15.1. The standard InChI is InChI=1S/C20H26N2O3/c1-16(2)22(15-17-8-5-4-6-9-17)20(23)21-12-13-25-19-11-7-10-18(14-19)24-3/h4-11,14,16H,12-13,15H2,1-3H3,(H,21,23). The molecule has 5 heteroatoms. The van der Waals surface area contributed by atoms with Crippen molar-refractivity contribution < 1.29 is 14.3 Å². The van der Waals surface area contributed by atoms with Crippen LogP contribution in [0.3, 0.4) is 0 Å². The van der Waals surface area contributed by atoms with E-state index in [0.29, 0.717) is 19.7 Å². The molecule has 0 aliphatic rings. The molecule has 2 aromatic carbocycles. The van der Waals surface area contributed by atoms with Gasteiger partial charge in [0.2, 0.25) is 0 Å². The number of nitrogens with one attached hydrogen (secondary N) is 1. The maximum Gasteiger partial charge on any atom is 0.318 e. The summed E-state index contributed by atoms with van der Waals surface area (Å²) in [5, 5.41) is 2.91. The Hall–Kier alpha value is -2.69. The lowest BCUT2D eigenvalue weighted by molar-refractivity contribution is 0.177. The summed E-state index contributed by atoms with van der Waals surface area (Å²) in [6.45, 7) is 5.44. The van der Waals surface area contributed by atoms with Crippen LogP contribution < -0.4 is 14.8 Å². The fraction of sp³-hybridized carbons (Fsp3) is 0.350. The second-order valence-electron chi connectivity index (χ2n) is 5.97. The average molecular weight is 342 g/mol. The van der Waals surface area contributed by atoms with E-state index in [0.717, 1.165) is 17.1 Å². The smallest absolute Gasteiger partial charge is 0.318 e. The maximum absolute atomic E-state index is 12.4. The molecule has 0 radical (unpaired) electrons. The molecular formula is C20H26N2O3. The first-order valence-electron chi connectivity index (χ1n) is 8.45. The summed E-state index contributed by atoms with van der Waals surface area (Å²) >= 11 is 0. The van der Waals surface area contributed by atoms with Gasteiger partial charge in [0, 0.05) is 18.7 Å². The molecule has 134 valence electrons. The van der Waals surface area contributed by atoms with E-state index in [9.17, 15) is 4.79 Å². The summed E-state index contributed by atoms with van der Waals surface area (Å²) in [7, 11) is 1.62. The van der Waals surface area contributed by atoms with Gasteiger partial charge in [0.15, 0.2) is 0 Å². The lowest BCUT2D eigenvalue weighted by Crippen LogP contribution is -2.44. The normalized spacial score (nSPS) is 10.4. The van der Waals surface area contributed by atoms with Crippen molar-refractivity contribution in [3.05, 3.63) is 60.2 Å². The molecule has 0 bridgehead atoms. The number of ether oxygens (including phenoxy) is 2. The van der Waals surface area contributed by atoms with E-state index in [1.54, 1.807) is 12.0 Å². The molecule has 5 nitrogen and oxygen atoms in total. The third-order valence-electron chi connectivity index (χ3n) is 3.77. The predicted octanol–water partition coefficient (Wildman–Crippen LogP) is 3.69. The monoisotopic (exact) mass is 342 g/mol. The molecule has 25 heavy (non-hydrogen) atoms. The van der Waals surface area contributed by atoms with E-state index in [-0.39, 0.29) is 12.1 Å². The highest BCUT2D eigenvalue weighted by molar-refractivity contribution is 5.74. The number of hydrogen-bond acceptors (Lipinski definition) is 3. The van der Waals surface area contributed by atoms with Crippen LogP contribution >= 0.6 is 0 Å².